The Hall–Kier alpha value is -1.63. The van der Waals surface area contributed by atoms with E-state index >= 15 is 0 Å². The minimum atomic E-state index is -4.70. The Morgan fingerprint density at radius 3 is 2.58 bits per heavy atom. The molecule has 1 aromatic rings. The van der Waals surface area contributed by atoms with Gasteiger partial charge in [-0.3, -0.25) is 0 Å². The third-order valence-corrected chi connectivity index (χ3v) is 6.40. The summed E-state index contributed by atoms with van der Waals surface area (Å²) in [5.41, 5.74) is -1.81. The predicted octanol–water partition coefficient (Wildman–Crippen LogP) is 2.09. The van der Waals surface area contributed by atoms with E-state index < -0.39 is 27.3 Å². The predicted molar refractivity (Wildman–Crippen MR) is 79.5 cm³/mol. The molecule has 2 unspecified atom stereocenters. The van der Waals surface area contributed by atoms with Crippen molar-refractivity contribution in [1.82, 2.24) is 9.62 Å². The number of halogens is 3. The molecule has 0 aliphatic carbocycles. The van der Waals surface area contributed by atoms with Crippen LogP contribution in [0.1, 0.15) is 30.4 Å². The van der Waals surface area contributed by atoms with E-state index in [1.807, 2.05) is 0 Å². The van der Waals surface area contributed by atoms with Crippen LogP contribution in [0.3, 0.4) is 0 Å². The molecule has 2 atom stereocenters. The highest BCUT2D eigenvalue weighted by molar-refractivity contribution is 7.89. The molecule has 1 aromatic carbocycles. The first-order valence-electron chi connectivity index (χ1n) is 7.59. The van der Waals surface area contributed by atoms with Gasteiger partial charge in [0.05, 0.1) is 22.1 Å². The molecule has 0 aromatic heterocycles. The monoisotopic (exact) mass is 359 g/mol. The van der Waals surface area contributed by atoms with Crippen LogP contribution in [-0.2, 0) is 16.2 Å². The van der Waals surface area contributed by atoms with Gasteiger partial charge in [0, 0.05) is 25.2 Å². The molecule has 0 radical (unpaired) electrons. The van der Waals surface area contributed by atoms with Crippen LogP contribution in [0.25, 0.3) is 0 Å². The average molecular weight is 359 g/mol. The standard InChI is InChI=1S/C15H16F3N3O2S/c16-15(17,18)14-4-3-13(7-10(14)8-19)24(22,23)21-6-5-11-1-2-12(9-21)20-11/h3-4,7,11-12,20H,1-2,5-6,9H2. The van der Waals surface area contributed by atoms with E-state index in [2.05, 4.69) is 5.32 Å². The van der Waals surface area contributed by atoms with Crippen molar-refractivity contribution in [2.75, 3.05) is 13.1 Å². The molecule has 2 heterocycles. The Morgan fingerprint density at radius 1 is 1.21 bits per heavy atom. The van der Waals surface area contributed by atoms with Crippen LogP contribution in [0.5, 0.6) is 0 Å². The van der Waals surface area contributed by atoms with Gasteiger partial charge in [0.15, 0.2) is 0 Å². The highest BCUT2D eigenvalue weighted by atomic mass is 32.2. The molecule has 9 heteroatoms. The summed E-state index contributed by atoms with van der Waals surface area (Å²) in [6.45, 7) is 0.612. The maximum absolute atomic E-state index is 12.9. The molecular weight excluding hydrogens is 343 g/mol. The molecule has 2 fully saturated rings. The third-order valence-electron chi connectivity index (χ3n) is 4.54. The largest absolute Gasteiger partial charge is 0.417 e. The Labute approximate surface area is 138 Å². The average Bonchev–Trinajstić information content (AvgIpc) is 2.84. The van der Waals surface area contributed by atoms with E-state index in [4.69, 9.17) is 5.26 Å². The van der Waals surface area contributed by atoms with Gasteiger partial charge in [-0.05, 0) is 37.5 Å². The molecule has 3 rings (SSSR count). The van der Waals surface area contributed by atoms with E-state index in [1.54, 1.807) is 0 Å². The minimum Gasteiger partial charge on any atom is -0.310 e. The van der Waals surface area contributed by atoms with Crippen LogP contribution < -0.4 is 5.32 Å². The first kappa shape index (κ1) is 17.2. The molecule has 2 aliphatic rings. The highest BCUT2D eigenvalue weighted by Crippen LogP contribution is 2.33. The number of sulfonamides is 1. The molecule has 130 valence electrons. The topological polar surface area (TPSA) is 73.2 Å². The summed E-state index contributed by atoms with van der Waals surface area (Å²) < 4.78 is 65.4. The summed E-state index contributed by atoms with van der Waals surface area (Å²) in [4.78, 5) is -0.273. The lowest BCUT2D eigenvalue weighted by Gasteiger charge is -2.24. The van der Waals surface area contributed by atoms with Gasteiger partial charge in [0.1, 0.15) is 0 Å². The smallest absolute Gasteiger partial charge is 0.310 e. The van der Waals surface area contributed by atoms with Crippen LogP contribution in [-0.4, -0.2) is 37.9 Å². The Morgan fingerprint density at radius 2 is 1.92 bits per heavy atom. The van der Waals surface area contributed by atoms with Gasteiger partial charge in [0.25, 0.3) is 0 Å². The molecule has 0 spiro atoms. The molecule has 2 aliphatic heterocycles. The van der Waals surface area contributed by atoms with E-state index in [-0.39, 0.29) is 17.0 Å². The van der Waals surface area contributed by atoms with Crippen LogP contribution in [0.2, 0.25) is 0 Å². The van der Waals surface area contributed by atoms with Gasteiger partial charge < -0.3 is 5.32 Å². The van der Waals surface area contributed by atoms with Crippen molar-refractivity contribution < 1.29 is 21.6 Å². The minimum absolute atomic E-state index is 0.0668. The van der Waals surface area contributed by atoms with Gasteiger partial charge in [-0.15, -0.1) is 0 Å². The fraction of sp³-hybridized carbons (Fsp3) is 0.533. The summed E-state index contributed by atoms with van der Waals surface area (Å²) in [5.74, 6) is 0. The molecule has 2 bridgehead atoms. The summed E-state index contributed by atoms with van der Waals surface area (Å²) in [5, 5.41) is 12.3. The third kappa shape index (κ3) is 3.14. The number of nitrogens with zero attached hydrogens (tertiary/aromatic N) is 2. The van der Waals surface area contributed by atoms with Crippen molar-refractivity contribution in [3.8, 4) is 6.07 Å². The number of rotatable bonds is 2. The van der Waals surface area contributed by atoms with E-state index in [1.165, 1.54) is 10.4 Å². The van der Waals surface area contributed by atoms with Crippen molar-refractivity contribution >= 4 is 10.0 Å². The second-order valence-corrected chi connectivity index (χ2v) is 8.04. The van der Waals surface area contributed by atoms with Crippen molar-refractivity contribution in [3.05, 3.63) is 29.3 Å². The quantitative estimate of drug-likeness (QED) is 0.878. The fourth-order valence-electron chi connectivity index (χ4n) is 3.30. The second kappa shape index (κ2) is 6.02. The zero-order valence-electron chi connectivity index (χ0n) is 12.7. The molecule has 0 amide bonds. The first-order chi connectivity index (χ1) is 11.2. The summed E-state index contributed by atoms with van der Waals surface area (Å²) >= 11 is 0. The van der Waals surface area contributed by atoms with E-state index in [0.29, 0.717) is 25.6 Å². The van der Waals surface area contributed by atoms with Crippen molar-refractivity contribution in [1.29, 1.82) is 5.26 Å². The van der Waals surface area contributed by atoms with Crippen molar-refractivity contribution in [3.63, 3.8) is 0 Å². The van der Waals surface area contributed by atoms with E-state index in [0.717, 1.165) is 25.0 Å². The zero-order chi connectivity index (χ0) is 17.5. The Kier molecular flexibility index (Phi) is 4.32. The normalized spacial score (nSPS) is 25.2. The maximum atomic E-state index is 12.9. The van der Waals surface area contributed by atoms with Gasteiger partial charge >= 0.3 is 6.18 Å². The van der Waals surface area contributed by atoms with Crippen LogP contribution >= 0.6 is 0 Å². The number of fused-ring (bicyclic) bond motifs is 2. The van der Waals surface area contributed by atoms with Crippen molar-refractivity contribution in [2.24, 2.45) is 0 Å². The lowest BCUT2D eigenvalue weighted by molar-refractivity contribution is -0.137. The van der Waals surface area contributed by atoms with Crippen LogP contribution in [0.15, 0.2) is 23.1 Å². The Bertz CT molecular complexity index is 786. The number of hydrogen-bond donors (Lipinski definition) is 1. The number of benzene rings is 1. The molecular formula is C15H16F3N3O2S. The number of nitriles is 1. The van der Waals surface area contributed by atoms with Gasteiger partial charge in [-0.1, -0.05) is 0 Å². The summed E-state index contributed by atoms with van der Waals surface area (Å²) in [6, 6.07) is 4.20. The Balaban J connectivity index is 1.94. The molecule has 24 heavy (non-hydrogen) atoms. The van der Waals surface area contributed by atoms with Gasteiger partial charge in [-0.25, -0.2) is 8.42 Å². The highest BCUT2D eigenvalue weighted by Gasteiger charge is 2.37. The zero-order valence-corrected chi connectivity index (χ0v) is 13.5. The number of alkyl halides is 3. The van der Waals surface area contributed by atoms with Gasteiger partial charge in [0.2, 0.25) is 10.0 Å². The van der Waals surface area contributed by atoms with Crippen molar-refractivity contribution in [2.45, 2.75) is 42.4 Å². The number of hydrogen-bond acceptors (Lipinski definition) is 4. The first-order valence-corrected chi connectivity index (χ1v) is 9.03. The molecule has 0 saturated carbocycles. The summed E-state index contributed by atoms with van der Waals surface area (Å²) in [6.07, 6.45) is -2.13. The molecule has 2 saturated heterocycles. The number of nitrogens with one attached hydrogen (secondary N) is 1. The van der Waals surface area contributed by atoms with Gasteiger partial charge in [-0.2, -0.15) is 22.7 Å². The lowest BCUT2D eigenvalue weighted by atomic mass is 10.1. The fourth-order valence-corrected chi connectivity index (χ4v) is 4.83. The lowest BCUT2D eigenvalue weighted by Crippen LogP contribution is -2.39. The van der Waals surface area contributed by atoms with Crippen LogP contribution in [0.4, 0.5) is 13.2 Å². The second-order valence-electron chi connectivity index (χ2n) is 6.11. The maximum Gasteiger partial charge on any atom is 0.417 e. The van der Waals surface area contributed by atoms with Crippen LogP contribution in [0, 0.1) is 11.3 Å². The van der Waals surface area contributed by atoms with E-state index in [9.17, 15) is 21.6 Å². The summed E-state index contributed by atoms with van der Waals surface area (Å²) in [7, 11) is -3.93. The molecule has 1 N–H and O–H groups in total. The SMILES string of the molecule is N#Cc1cc(S(=O)(=O)N2CCC3CCC(C2)N3)ccc1C(F)(F)F. The molecule has 5 nitrogen and oxygen atoms in total.